The van der Waals surface area contributed by atoms with Gasteiger partial charge in [-0.05, 0) is 67.8 Å². The summed E-state index contributed by atoms with van der Waals surface area (Å²) in [7, 11) is -0.596. The predicted molar refractivity (Wildman–Crippen MR) is 128 cm³/mol. The number of hydrogen-bond acceptors (Lipinski definition) is 5. The maximum atomic E-state index is 12.6. The zero-order chi connectivity index (χ0) is 23.6. The largest absolute Gasteiger partial charge is 0.370 e. The minimum atomic E-state index is -3.53. The van der Waals surface area contributed by atoms with Crippen molar-refractivity contribution in [3.63, 3.8) is 0 Å². The van der Waals surface area contributed by atoms with Crippen LogP contribution < -0.4 is 10.2 Å². The Morgan fingerprint density at radius 1 is 0.909 bits per heavy atom. The molecule has 1 heterocycles. The van der Waals surface area contributed by atoms with Gasteiger partial charge >= 0.3 is 0 Å². The molecule has 8 nitrogen and oxygen atoms in total. The zero-order valence-electron chi connectivity index (χ0n) is 19.0. The van der Waals surface area contributed by atoms with Crippen LogP contribution in [0.2, 0.25) is 0 Å². The molecule has 2 amide bonds. The Balaban J connectivity index is 1.35. The van der Waals surface area contributed by atoms with Crippen LogP contribution in [0.25, 0.3) is 0 Å². The SMILES string of the molecule is CN(C)S(=O)(=O)c1ccc(C(=O)Nc2ccc(N3CCCN(C(=O)C4CC4)CC3)cc2)cc1. The lowest BCUT2D eigenvalue weighted by Crippen LogP contribution is -2.36. The molecule has 0 bridgehead atoms. The standard InChI is InChI=1S/C24H30N4O4S/c1-26(2)33(31,32)22-12-6-18(7-13-22)23(29)25-20-8-10-21(11-9-20)27-14-3-15-28(17-16-27)24(30)19-4-5-19/h6-13,19H,3-5,14-17H2,1-2H3,(H,25,29). The Morgan fingerprint density at radius 3 is 2.18 bits per heavy atom. The molecule has 0 aromatic heterocycles. The van der Waals surface area contributed by atoms with Crippen molar-refractivity contribution in [3.8, 4) is 0 Å². The lowest BCUT2D eigenvalue weighted by atomic mass is 10.2. The summed E-state index contributed by atoms with van der Waals surface area (Å²) < 4.78 is 25.5. The van der Waals surface area contributed by atoms with Crippen molar-refractivity contribution in [2.24, 2.45) is 5.92 Å². The van der Waals surface area contributed by atoms with Crippen LogP contribution in [0.15, 0.2) is 53.4 Å². The molecule has 2 aromatic carbocycles. The number of rotatable bonds is 6. The summed E-state index contributed by atoms with van der Waals surface area (Å²) in [5, 5.41) is 2.85. The summed E-state index contributed by atoms with van der Waals surface area (Å²) in [6, 6.07) is 13.5. The number of nitrogens with zero attached hydrogens (tertiary/aromatic N) is 3. The quantitative estimate of drug-likeness (QED) is 0.701. The van der Waals surface area contributed by atoms with Crippen molar-refractivity contribution in [2.75, 3.05) is 50.5 Å². The van der Waals surface area contributed by atoms with Crippen LogP contribution in [-0.4, -0.2) is 69.7 Å². The number of nitrogens with one attached hydrogen (secondary N) is 1. The molecule has 1 saturated carbocycles. The van der Waals surface area contributed by atoms with Gasteiger partial charge in [0.05, 0.1) is 4.90 Å². The Hall–Kier alpha value is -2.91. The molecule has 9 heteroatoms. The Bertz CT molecular complexity index is 1110. The third kappa shape index (κ3) is 5.36. The summed E-state index contributed by atoms with van der Waals surface area (Å²) in [5.74, 6) is 0.260. The van der Waals surface area contributed by atoms with E-state index < -0.39 is 10.0 Å². The maximum Gasteiger partial charge on any atom is 0.255 e. The van der Waals surface area contributed by atoms with E-state index in [1.54, 1.807) is 0 Å². The second-order valence-electron chi connectivity index (χ2n) is 8.75. The van der Waals surface area contributed by atoms with E-state index in [2.05, 4.69) is 10.2 Å². The van der Waals surface area contributed by atoms with Gasteiger partial charge in [-0.2, -0.15) is 0 Å². The van der Waals surface area contributed by atoms with E-state index in [0.29, 0.717) is 17.2 Å². The molecule has 0 atom stereocenters. The number of amides is 2. The minimum Gasteiger partial charge on any atom is -0.370 e. The van der Waals surface area contributed by atoms with Gasteiger partial charge < -0.3 is 15.1 Å². The average molecular weight is 471 g/mol. The number of carbonyl (C=O) groups excluding carboxylic acids is 2. The average Bonchev–Trinajstić information content (AvgIpc) is 3.66. The molecule has 2 aliphatic rings. The Morgan fingerprint density at radius 2 is 1.58 bits per heavy atom. The highest BCUT2D eigenvalue weighted by Gasteiger charge is 2.33. The van der Waals surface area contributed by atoms with Gasteiger partial charge in [0.1, 0.15) is 0 Å². The first-order valence-corrected chi connectivity index (χ1v) is 12.7. The first kappa shape index (κ1) is 23.3. The van der Waals surface area contributed by atoms with Gasteiger partial charge in [-0.15, -0.1) is 0 Å². The van der Waals surface area contributed by atoms with E-state index >= 15 is 0 Å². The molecule has 0 unspecified atom stereocenters. The van der Waals surface area contributed by atoms with Gasteiger partial charge in [-0.3, -0.25) is 9.59 Å². The molecule has 4 rings (SSSR count). The van der Waals surface area contributed by atoms with Crippen molar-refractivity contribution < 1.29 is 18.0 Å². The number of carbonyl (C=O) groups is 2. The molecule has 33 heavy (non-hydrogen) atoms. The molecule has 176 valence electrons. The fraction of sp³-hybridized carbons (Fsp3) is 0.417. The van der Waals surface area contributed by atoms with E-state index in [9.17, 15) is 18.0 Å². The van der Waals surface area contributed by atoms with E-state index in [1.807, 2.05) is 29.2 Å². The monoisotopic (exact) mass is 470 g/mol. The molecule has 0 radical (unpaired) electrons. The maximum absolute atomic E-state index is 12.6. The minimum absolute atomic E-state index is 0.142. The molecule has 1 aliphatic heterocycles. The van der Waals surface area contributed by atoms with E-state index in [1.165, 1.54) is 38.4 Å². The summed E-state index contributed by atoms with van der Waals surface area (Å²) in [4.78, 5) is 29.4. The number of benzene rings is 2. The zero-order valence-corrected chi connectivity index (χ0v) is 19.8. The van der Waals surface area contributed by atoms with Crippen LogP contribution in [0.1, 0.15) is 29.6 Å². The van der Waals surface area contributed by atoms with Gasteiger partial charge in [0.25, 0.3) is 5.91 Å². The highest BCUT2D eigenvalue weighted by Crippen LogP contribution is 2.31. The number of anilines is 2. The molecule has 1 aliphatic carbocycles. The summed E-state index contributed by atoms with van der Waals surface area (Å²) in [6.45, 7) is 3.25. The topological polar surface area (TPSA) is 90.0 Å². The van der Waals surface area contributed by atoms with Crippen LogP contribution in [0.5, 0.6) is 0 Å². The van der Waals surface area contributed by atoms with Crippen molar-refractivity contribution >= 4 is 33.2 Å². The van der Waals surface area contributed by atoms with E-state index in [4.69, 9.17) is 0 Å². The second kappa shape index (κ2) is 9.52. The third-order valence-corrected chi connectivity index (χ3v) is 7.95. The first-order valence-electron chi connectivity index (χ1n) is 11.2. The van der Waals surface area contributed by atoms with Gasteiger partial charge in [0.2, 0.25) is 15.9 Å². The summed E-state index contributed by atoms with van der Waals surface area (Å²) in [6.07, 6.45) is 3.01. The molecular weight excluding hydrogens is 440 g/mol. The Labute approximate surface area is 195 Å². The smallest absolute Gasteiger partial charge is 0.255 e. The van der Waals surface area contributed by atoms with Crippen molar-refractivity contribution in [2.45, 2.75) is 24.2 Å². The fourth-order valence-electron chi connectivity index (χ4n) is 3.93. The first-order chi connectivity index (χ1) is 15.8. The number of hydrogen-bond donors (Lipinski definition) is 1. The molecule has 0 spiro atoms. The van der Waals surface area contributed by atoms with Crippen molar-refractivity contribution in [3.05, 3.63) is 54.1 Å². The summed E-state index contributed by atoms with van der Waals surface area (Å²) >= 11 is 0. The van der Waals surface area contributed by atoms with Crippen LogP contribution in [0.3, 0.4) is 0 Å². The van der Waals surface area contributed by atoms with Crippen LogP contribution in [-0.2, 0) is 14.8 Å². The fourth-order valence-corrected chi connectivity index (χ4v) is 4.83. The van der Waals surface area contributed by atoms with Gasteiger partial charge in [0.15, 0.2) is 0 Å². The lowest BCUT2D eigenvalue weighted by molar-refractivity contribution is -0.132. The van der Waals surface area contributed by atoms with Gasteiger partial charge in [-0.1, -0.05) is 0 Å². The van der Waals surface area contributed by atoms with E-state index in [0.717, 1.165) is 55.4 Å². The third-order valence-electron chi connectivity index (χ3n) is 6.12. The van der Waals surface area contributed by atoms with Crippen LogP contribution >= 0.6 is 0 Å². The molecule has 2 fully saturated rings. The molecule has 2 aromatic rings. The highest BCUT2D eigenvalue weighted by atomic mass is 32.2. The lowest BCUT2D eigenvalue weighted by Gasteiger charge is -2.24. The van der Waals surface area contributed by atoms with E-state index in [-0.39, 0.29) is 16.7 Å². The van der Waals surface area contributed by atoms with Crippen molar-refractivity contribution in [1.82, 2.24) is 9.21 Å². The van der Waals surface area contributed by atoms with Gasteiger partial charge in [-0.25, -0.2) is 12.7 Å². The molecule has 1 N–H and O–H groups in total. The van der Waals surface area contributed by atoms with Crippen LogP contribution in [0, 0.1) is 5.92 Å². The van der Waals surface area contributed by atoms with Crippen LogP contribution in [0.4, 0.5) is 11.4 Å². The molecule has 1 saturated heterocycles. The predicted octanol–water partition coefficient (Wildman–Crippen LogP) is 2.64. The summed E-state index contributed by atoms with van der Waals surface area (Å²) in [5.41, 5.74) is 2.10. The molecular formula is C24H30N4O4S. The second-order valence-corrected chi connectivity index (χ2v) is 10.9. The number of sulfonamides is 1. The van der Waals surface area contributed by atoms with Gasteiger partial charge in [0, 0.05) is 63.1 Å². The van der Waals surface area contributed by atoms with Crippen molar-refractivity contribution in [1.29, 1.82) is 0 Å². The normalized spacial score (nSPS) is 17.1. The highest BCUT2D eigenvalue weighted by molar-refractivity contribution is 7.89. The Kier molecular flexibility index (Phi) is 6.71.